The van der Waals surface area contributed by atoms with E-state index in [9.17, 15) is 4.79 Å². The molecule has 1 aromatic heterocycles. The van der Waals surface area contributed by atoms with Crippen LogP contribution in [0.5, 0.6) is 0 Å². The van der Waals surface area contributed by atoms with Crippen LogP contribution in [-0.4, -0.2) is 65.9 Å². The molecule has 24 heavy (non-hydrogen) atoms. The van der Waals surface area contributed by atoms with Crippen molar-refractivity contribution in [1.29, 1.82) is 0 Å². The highest BCUT2D eigenvalue weighted by Crippen LogP contribution is 2.25. The van der Waals surface area contributed by atoms with Gasteiger partial charge in [-0.15, -0.1) is 0 Å². The third-order valence-corrected chi connectivity index (χ3v) is 4.40. The first-order valence-electron chi connectivity index (χ1n) is 8.15. The average molecular weight is 325 g/mol. The quantitative estimate of drug-likeness (QED) is 0.851. The van der Waals surface area contributed by atoms with Crippen LogP contribution in [0.4, 0.5) is 5.82 Å². The van der Waals surface area contributed by atoms with Gasteiger partial charge >= 0.3 is 0 Å². The summed E-state index contributed by atoms with van der Waals surface area (Å²) in [6.07, 6.45) is 4.94. The number of anilines is 1. The fourth-order valence-corrected chi connectivity index (χ4v) is 3.04. The zero-order chi connectivity index (χ0) is 16.9. The normalized spacial score (nSPS) is 18.4. The zero-order valence-electron chi connectivity index (χ0n) is 14.2. The van der Waals surface area contributed by atoms with Gasteiger partial charge in [0, 0.05) is 39.1 Å². The maximum absolute atomic E-state index is 12.9. The van der Waals surface area contributed by atoms with E-state index in [1.807, 2.05) is 35.0 Å². The third kappa shape index (κ3) is 3.71. The molecule has 0 aliphatic carbocycles. The monoisotopic (exact) mass is 325 g/mol. The van der Waals surface area contributed by atoms with Crippen LogP contribution in [0, 0.1) is 0 Å². The van der Waals surface area contributed by atoms with Gasteiger partial charge in [0.1, 0.15) is 5.82 Å². The molecule has 3 rings (SSSR count). The first-order valence-corrected chi connectivity index (χ1v) is 8.15. The number of piperazine rings is 1. The topological polar surface area (TPSA) is 52.6 Å². The number of aromatic nitrogens is 2. The molecule has 1 fully saturated rings. The summed E-state index contributed by atoms with van der Waals surface area (Å²) in [6.45, 7) is 2.78. The fourth-order valence-electron chi connectivity index (χ4n) is 3.04. The maximum Gasteiger partial charge on any atom is 0.242 e. The molecule has 1 amide bonds. The molecule has 0 radical (unpaired) electrons. The number of carbonyl (C=O) groups is 1. The van der Waals surface area contributed by atoms with Gasteiger partial charge in [-0.2, -0.15) is 0 Å². The van der Waals surface area contributed by atoms with Gasteiger partial charge in [-0.25, -0.2) is 4.98 Å². The Morgan fingerprint density at radius 1 is 1.25 bits per heavy atom. The summed E-state index contributed by atoms with van der Waals surface area (Å²) in [7, 11) is 3.97. The fraction of sp³-hybridized carbons (Fsp3) is 0.389. The molecule has 0 saturated carbocycles. The van der Waals surface area contributed by atoms with Crippen molar-refractivity contribution in [2.45, 2.75) is 6.04 Å². The van der Waals surface area contributed by atoms with Gasteiger partial charge in [0.2, 0.25) is 5.91 Å². The lowest BCUT2D eigenvalue weighted by atomic mass is 10.0. The summed E-state index contributed by atoms with van der Waals surface area (Å²) in [5.74, 6) is 0.821. The van der Waals surface area contributed by atoms with E-state index < -0.39 is 0 Å². The minimum absolute atomic E-state index is 0.0905. The molecule has 2 heterocycles. The Morgan fingerprint density at radius 3 is 2.75 bits per heavy atom. The second-order valence-corrected chi connectivity index (χ2v) is 6.20. The highest BCUT2D eigenvalue weighted by atomic mass is 16.2. The number of nitrogens with zero attached hydrogens (tertiary/aromatic N) is 5. The first kappa shape index (κ1) is 16.4. The predicted molar refractivity (Wildman–Crippen MR) is 93.7 cm³/mol. The molecule has 6 nitrogen and oxygen atoms in total. The van der Waals surface area contributed by atoms with Gasteiger partial charge in [0.15, 0.2) is 0 Å². The van der Waals surface area contributed by atoms with Crippen molar-refractivity contribution in [2.75, 3.05) is 45.2 Å². The Balaban J connectivity index is 1.74. The lowest BCUT2D eigenvalue weighted by Crippen LogP contribution is -2.51. The van der Waals surface area contributed by atoms with Crippen molar-refractivity contribution in [2.24, 2.45) is 0 Å². The number of likely N-dealkylation sites (N-methyl/N-ethyl adjacent to an activating group) is 2. The van der Waals surface area contributed by atoms with Gasteiger partial charge < -0.3 is 14.7 Å². The standard InChI is InChI=1S/C18H23N5O/c1-21-10-11-23(16(13-21)15-6-4-3-5-7-15)18(24)14-22(2)17-12-19-8-9-20-17/h3-9,12,16H,10-11,13-14H2,1-2H3. The summed E-state index contributed by atoms with van der Waals surface area (Å²) < 4.78 is 0. The van der Waals surface area contributed by atoms with E-state index >= 15 is 0 Å². The second kappa shape index (κ2) is 7.40. The molecule has 6 heteroatoms. The maximum atomic E-state index is 12.9. The van der Waals surface area contributed by atoms with Crippen LogP contribution >= 0.6 is 0 Å². The third-order valence-electron chi connectivity index (χ3n) is 4.40. The van der Waals surface area contributed by atoms with Crippen LogP contribution in [0.3, 0.4) is 0 Å². The number of hydrogen-bond acceptors (Lipinski definition) is 5. The number of rotatable bonds is 4. The highest BCUT2D eigenvalue weighted by molar-refractivity contribution is 5.81. The van der Waals surface area contributed by atoms with E-state index in [1.54, 1.807) is 18.6 Å². The minimum atomic E-state index is 0.0905. The highest BCUT2D eigenvalue weighted by Gasteiger charge is 2.30. The van der Waals surface area contributed by atoms with Crippen LogP contribution in [-0.2, 0) is 4.79 Å². The molecule has 1 atom stereocenters. The lowest BCUT2D eigenvalue weighted by Gasteiger charge is -2.41. The van der Waals surface area contributed by atoms with Crippen molar-refractivity contribution >= 4 is 11.7 Å². The molecule has 1 aliphatic rings. The Morgan fingerprint density at radius 2 is 2.04 bits per heavy atom. The SMILES string of the molecule is CN1CCN(C(=O)CN(C)c2cnccn2)C(c2ccccc2)C1. The van der Waals surface area contributed by atoms with E-state index in [1.165, 1.54) is 5.56 Å². The van der Waals surface area contributed by atoms with E-state index in [0.29, 0.717) is 12.4 Å². The van der Waals surface area contributed by atoms with Crippen LogP contribution in [0.15, 0.2) is 48.9 Å². The first-order chi connectivity index (χ1) is 11.6. The van der Waals surface area contributed by atoms with E-state index in [0.717, 1.165) is 19.6 Å². The minimum Gasteiger partial charge on any atom is -0.349 e. The molecule has 1 aliphatic heterocycles. The molecule has 2 aromatic rings. The number of benzene rings is 1. The van der Waals surface area contributed by atoms with Crippen LogP contribution in [0.25, 0.3) is 0 Å². The summed E-state index contributed by atoms with van der Waals surface area (Å²) in [6, 6.07) is 10.3. The molecular formula is C18H23N5O. The Kier molecular flexibility index (Phi) is 5.05. The van der Waals surface area contributed by atoms with Gasteiger partial charge in [-0.05, 0) is 12.6 Å². The van der Waals surface area contributed by atoms with Crippen LogP contribution < -0.4 is 4.90 Å². The molecule has 0 bridgehead atoms. The molecular weight excluding hydrogens is 302 g/mol. The van der Waals surface area contributed by atoms with Crippen molar-refractivity contribution < 1.29 is 4.79 Å². The molecule has 1 saturated heterocycles. The molecule has 0 spiro atoms. The van der Waals surface area contributed by atoms with Crippen LogP contribution in [0.1, 0.15) is 11.6 Å². The van der Waals surface area contributed by atoms with Crippen molar-refractivity contribution in [1.82, 2.24) is 19.8 Å². The van der Waals surface area contributed by atoms with E-state index in [4.69, 9.17) is 0 Å². The van der Waals surface area contributed by atoms with Crippen LogP contribution in [0.2, 0.25) is 0 Å². The Hall–Kier alpha value is -2.47. The molecule has 0 N–H and O–H groups in total. The Bertz CT molecular complexity index is 664. The van der Waals surface area contributed by atoms with E-state index in [-0.39, 0.29) is 11.9 Å². The van der Waals surface area contributed by atoms with E-state index in [2.05, 4.69) is 34.0 Å². The zero-order valence-corrected chi connectivity index (χ0v) is 14.2. The predicted octanol–water partition coefficient (Wildman–Crippen LogP) is 1.43. The second-order valence-electron chi connectivity index (χ2n) is 6.20. The summed E-state index contributed by atoms with van der Waals surface area (Å²) in [5.41, 5.74) is 1.18. The smallest absolute Gasteiger partial charge is 0.242 e. The van der Waals surface area contributed by atoms with Gasteiger partial charge in [-0.1, -0.05) is 30.3 Å². The number of hydrogen-bond donors (Lipinski definition) is 0. The molecule has 126 valence electrons. The van der Waals surface area contributed by atoms with Gasteiger partial charge in [-0.3, -0.25) is 9.78 Å². The lowest BCUT2D eigenvalue weighted by molar-refractivity contribution is -0.134. The van der Waals surface area contributed by atoms with Gasteiger partial charge in [0.25, 0.3) is 0 Å². The number of carbonyl (C=O) groups excluding carboxylic acids is 1. The largest absolute Gasteiger partial charge is 0.349 e. The summed E-state index contributed by atoms with van der Waals surface area (Å²) >= 11 is 0. The summed E-state index contributed by atoms with van der Waals surface area (Å²) in [4.78, 5) is 27.3. The summed E-state index contributed by atoms with van der Waals surface area (Å²) in [5, 5.41) is 0. The molecule has 1 aromatic carbocycles. The average Bonchev–Trinajstić information content (AvgIpc) is 2.63. The Labute approximate surface area is 142 Å². The van der Waals surface area contributed by atoms with Gasteiger partial charge in [0.05, 0.1) is 18.8 Å². The number of amides is 1. The van der Waals surface area contributed by atoms with Crippen molar-refractivity contribution in [3.8, 4) is 0 Å². The van der Waals surface area contributed by atoms with Crippen molar-refractivity contribution in [3.63, 3.8) is 0 Å². The molecule has 1 unspecified atom stereocenters. The van der Waals surface area contributed by atoms with Crippen molar-refractivity contribution in [3.05, 3.63) is 54.5 Å².